The van der Waals surface area contributed by atoms with Crippen LogP contribution in [0.5, 0.6) is 5.75 Å². The lowest BCUT2D eigenvalue weighted by atomic mass is 9.92. The number of nitroso groups, excluding NO2 is 1. The number of aryl methyl sites for hydroxylation is 1. The van der Waals surface area contributed by atoms with Crippen LogP contribution < -0.4 is 10.1 Å². The van der Waals surface area contributed by atoms with Crippen molar-refractivity contribution >= 4 is 22.5 Å². The molecule has 1 aliphatic rings. The first-order chi connectivity index (χ1) is 19.7. The Hall–Kier alpha value is -4.08. The minimum atomic E-state index is -1.26. The molecule has 9 heteroatoms. The lowest BCUT2D eigenvalue weighted by molar-refractivity contribution is -0.117. The number of ether oxygens (including phenoxy) is 2. The monoisotopic (exact) mass is 555 g/mol. The van der Waals surface area contributed by atoms with Gasteiger partial charge in [0.1, 0.15) is 18.2 Å². The first-order valence-electron chi connectivity index (χ1n) is 14.0. The van der Waals surface area contributed by atoms with Gasteiger partial charge in [-0.25, -0.2) is 4.68 Å². The lowest BCUT2D eigenvalue weighted by Crippen LogP contribution is -2.38. The SMILES string of the molecule is Cc1cccc(-n2nc(C(C)(C)C)cc2NC(=O)C(N=O)c2ccc(OCCN3CCOCC3)c3ccccc23)c1. The summed E-state index contributed by atoms with van der Waals surface area (Å²) >= 11 is 0. The third-order valence-electron chi connectivity index (χ3n) is 7.31. The predicted molar refractivity (Wildman–Crippen MR) is 161 cm³/mol. The number of hydrogen-bond donors (Lipinski definition) is 1. The van der Waals surface area contributed by atoms with E-state index in [4.69, 9.17) is 14.6 Å². The fourth-order valence-corrected chi connectivity index (χ4v) is 5.00. The number of amides is 1. The van der Waals surface area contributed by atoms with Crippen LogP contribution in [-0.4, -0.2) is 60.0 Å². The number of aromatic nitrogens is 2. The molecular formula is C32H37N5O4. The molecule has 0 spiro atoms. The van der Waals surface area contributed by atoms with Crippen molar-refractivity contribution < 1.29 is 14.3 Å². The van der Waals surface area contributed by atoms with Gasteiger partial charge in [0.25, 0.3) is 5.91 Å². The second-order valence-corrected chi connectivity index (χ2v) is 11.4. The number of nitrogens with one attached hydrogen (secondary N) is 1. The molecule has 0 radical (unpaired) electrons. The van der Waals surface area contributed by atoms with Crippen LogP contribution in [0.15, 0.2) is 71.9 Å². The Bertz CT molecular complexity index is 1530. The molecular weight excluding hydrogens is 518 g/mol. The van der Waals surface area contributed by atoms with Crippen molar-refractivity contribution in [1.82, 2.24) is 14.7 Å². The summed E-state index contributed by atoms with van der Waals surface area (Å²) in [5.41, 5.74) is 2.97. The second kappa shape index (κ2) is 12.2. The number of fused-ring (bicyclic) bond motifs is 1. The average molecular weight is 556 g/mol. The van der Waals surface area contributed by atoms with E-state index < -0.39 is 11.9 Å². The fourth-order valence-electron chi connectivity index (χ4n) is 5.00. The molecule has 0 bridgehead atoms. The van der Waals surface area contributed by atoms with Crippen LogP contribution in [0.4, 0.5) is 5.82 Å². The lowest BCUT2D eigenvalue weighted by Gasteiger charge is -2.26. The maximum atomic E-state index is 13.6. The number of carbonyl (C=O) groups excluding carboxylic acids is 1. The molecule has 1 fully saturated rings. The molecule has 1 aliphatic heterocycles. The van der Waals surface area contributed by atoms with Crippen LogP contribution in [0.3, 0.4) is 0 Å². The topological polar surface area (TPSA) is 98.0 Å². The van der Waals surface area contributed by atoms with E-state index in [9.17, 15) is 9.70 Å². The maximum absolute atomic E-state index is 13.6. The van der Waals surface area contributed by atoms with Gasteiger partial charge in [-0.15, -0.1) is 4.91 Å². The molecule has 0 aliphatic carbocycles. The van der Waals surface area contributed by atoms with Gasteiger partial charge in [-0.1, -0.05) is 68.4 Å². The Morgan fingerprint density at radius 3 is 2.51 bits per heavy atom. The number of anilines is 1. The first kappa shape index (κ1) is 28.4. The Labute approximate surface area is 240 Å². The summed E-state index contributed by atoms with van der Waals surface area (Å²) in [4.78, 5) is 28.1. The molecule has 2 heterocycles. The fraction of sp³-hybridized carbons (Fsp3) is 0.375. The van der Waals surface area contributed by atoms with Gasteiger partial charge >= 0.3 is 0 Å². The van der Waals surface area contributed by atoms with E-state index >= 15 is 0 Å². The van der Waals surface area contributed by atoms with Crippen LogP contribution in [0.25, 0.3) is 16.5 Å². The highest BCUT2D eigenvalue weighted by Crippen LogP contribution is 2.34. The van der Waals surface area contributed by atoms with Crippen LogP contribution in [0.1, 0.15) is 43.6 Å². The minimum absolute atomic E-state index is 0.245. The molecule has 214 valence electrons. The van der Waals surface area contributed by atoms with Crippen LogP contribution in [0, 0.1) is 11.8 Å². The smallest absolute Gasteiger partial charge is 0.258 e. The molecule has 1 amide bonds. The summed E-state index contributed by atoms with van der Waals surface area (Å²) in [6.45, 7) is 12.8. The van der Waals surface area contributed by atoms with E-state index in [1.165, 1.54) is 0 Å². The van der Waals surface area contributed by atoms with Crippen molar-refractivity contribution in [2.75, 3.05) is 44.8 Å². The zero-order valence-corrected chi connectivity index (χ0v) is 24.1. The third-order valence-corrected chi connectivity index (χ3v) is 7.31. The number of rotatable bonds is 9. The molecule has 41 heavy (non-hydrogen) atoms. The summed E-state index contributed by atoms with van der Waals surface area (Å²) in [6, 6.07) is 19.7. The molecule has 1 atom stereocenters. The molecule has 1 N–H and O–H groups in total. The Morgan fingerprint density at radius 1 is 1.05 bits per heavy atom. The summed E-state index contributed by atoms with van der Waals surface area (Å²) in [5, 5.41) is 12.6. The standard InChI is InChI=1S/C32H37N5O4/c1-22-8-7-9-23(20-22)37-29(21-28(34-37)32(2,3)4)33-31(38)30(35-39)26-12-13-27(25-11-6-5-10-24(25)26)41-19-16-36-14-17-40-18-15-36/h5-13,20-21,30H,14-19H2,1-4H3,(H,33,38). The number of carbonyl (C=O) groups is 1. The van der Waals surface area contributed by atoms with Gasteiger partial charge in [-0.3, -0.25) is 9.69 Å². The van der Waals surface area contributed by atoms with Gasteiger partial charge < -0.3 is 14.8 Å². The summed E-state index contributed by atoms with van der Waals surface area (Å²) in [5.74, 6) is 0.655. The summed E-state index contributed by atoms with van der Waals surface area (Å²) in [6.07, 6.45) is 0. The van der Waals surface area contributed by atoms with Gasteiger partial charge in [0, 0.05) is 36.5 Å². The van der Waals surface area contributed by atoms with Gasteiger partial charge in [0.05, 0.1) is 24.6 Å². The quantitative estimate of drug-likeness (QED) is 0.263. The Balaban J connectivity index is 1.41. The van der Waals surface area contributed by atoms with Crippen molar-refractivity contribution in [3.05, 3.63) is 88.5 Å². The number of benzene rings is 3. The zero-order valence-electron chi connectivity index (χ0n) is 24.1. The van der Waals surface area contributed by atoms with Crippen molar-refractivity contribution in [2.45, 2.75) is 39.2 Å². The zero-order chi connectivity index (χ0) is 29.0. The van der Waals surface area contributed by atoms with Crippen molar-refractivity contribution in [3.8, 4) is 11.4 Å². The first-order valence-corrected chi connectivity index (χ1v) is 14.0. The minimum Gasteiger partial charge on any atom is -0.492 e. The van der Waals surface area contributed by atoms with Gasteiger partial charge in [-0.05, 0) is 41.6 Å². The van der Waals surface area contributed by atoms with E-state index in [0.717, 1.165) is 60.6 Å². The summed E-state index contributed by atoms with van der Waals surface area (Å²) < 4.78 is 13.3. The highest BCUT2D eigenvalue weighted by molar-refractivity contribution is 6.00. The molecule has 0 saturated carbocycles. The molecule has 4 aromatic rings. The molecule has 9 nitrogen and oxygen atoms in total. The second-order valence-electron chi connectivity index (χ2n) is 11.4. The molecule has 1 unspecified atom stereocenters. The van der Waals surface area contributed by atoms with E-state index in [1.54, 1.807) is 10.7 Å². The third kappa shape index (κ3) is 6.47. The molecule has 1 aromatic heterocycles. The number of nitrogens with zero attached hydrogens (tertiary/aromatic N) is 4. The summed E-state index contributed by atoms with van der Waals surface area (Å²) in [7, 11) is 0. The number of hydrogen-bond acceptors (Lipinski definition) is 7. The van der Waals surface area contributed by atoms with Gasteiger partial charge in [-0.2, -0.15) is 5.10 Å². The van der Waals surface area contributed by atoms with Crippen molar-refractivity contribution in [2.24, 2.45) is 5.18 Å². The van der Waals surface area contributed by atoms with Gasteiger partial charge in [0.2, 0.25) is 0 Å². The van der Waals surface area contributed by atoms with E-state index in [2.05, 4.69) is 36.2 Å². The van der Waals surface area contributed by atoms with Crippen LogP contribution in [-0.2, 0) is 14.9 Å². The van der Waals surface area contributed by atoms with Crippen LogP contribution in [0.2, 0.25) is 0 Å². The Morgan fingerprint density at radius 2 is 1.80 bits per heavy atom. The molecule has 3 aromatic carbocycles. The molecule has 5 rings (SSSR count). The maximum Gasteiger partial charge on any atom is 0.258 e. The van der Waals surface area contributed by atoms with Gasteiger partial charge in [0.15, 0.2) is 6.04 Å². The van der Waals surface area contributed by atoms with Crippen LogP contribution >= 0.6 is 0 Å². The van der Waals surface area contributed by atoms with E-state index in [-0.39, 0.29) is 5.41 Å². The largest absolute Gasteiger partial charge is 0.492 e. The van der Waals surface area contributed by atoms with E-state index in [0.29, 0.717) is 23.7 Å². The highest BCUT2D eigenvalue weighted by Gasteiger charge is 2.28. The van der Waals surface area contributed by atoms with Crippen molar-refractivity contribution in [3.63, 3.8) is 0 Å². The normalized spacial score (nSPS) is 15.0. The number of morpholine rings is 1. The predicted octanol–water partition coefficient (Wildman–Crippen LogP) is 5.79. The van der Waals surface area contributed by atoms with E-state index in [1.807, 2.05) is 67.6 Å². The average Bonchev–Trinajstić information content (AvgIpc) is 3.39. The van der Waals surface area contributed by atoms with Crippen molar-refractivity contribution in [1.29, 1.82) is 0 Å². The highest BCUT2D eigenvalue weighted by atomic mass is 16.5. The Kier molecular flexibility index (Phi) is 8.46. The molecule has 1 saturated heterocycles.